The molecule has 0 bridgehead atoms. The molecule has 6 nitrogen and oxygen atoms in total. The van der Waals surface area contributed by atoms with Gasteiger partial charge in [-0.05, 0) is 0 Å². The van der Waals surface area contributed by atoms with Crippen molar-refractivity contribution < 1.29 is 22.7 Å². The molecule has 1 atom stereocenters. The molecule has 1 N–H and O–H groups in total. The van der Waals surface area contributed by atoms with Crippen molar-refractivity contribution in [2.45, 2.75) is 26.2 Å². The summed E-state index contributed by atoms with van der Waals surface area (Å²) < 4.78 is 34.1. The molecule has 0 aromatic carbocycles. The van der Waals surface area contributed by atoms with E-state index in [1.54, 1.807) is 0 Å². The fourth-order valence-corrected chi connectivity index (χ4v) is 1.99. The Bertz CT molecular complexity index is 281. The lowest BCUT2D eigenvalue weighted by Gasteiger charge is -2.22. The summed E-state index contributed by atoms with van der Waals surface area (Å²) >= 11 is 0. The first kappa shape index (κ1) is 14.3. The molecule has 0 radical (unpaired) electrons. The maximum Gasteiger partial charge on any atom is 0.264 e. The molecule has 1 saturated heterocycles. The predicted octanol–water partition coefficient (Wildman–Crippen LogP) is -0.149. The predicted molar refractivity (Wildman–Crippen MR) is 54.6 cm³/mol. The van der Waals surface area contributed by atoms with Gasteiger partial charge in [0.25, 0.3) is 10.0 Å². The van der Waals surface area contributed by atoms with Crippen molar-refractivity contribution in [3.05, 3.63) is 0 Å². The Hall–Kier alpha value is -0.660. The van der Waals surface area contributed by atoms with Crippen LogP contribution in [0.3, 0.4) is 0 Å². The van der Waals surface area contributed by atoms with E-state index in [4.69, 9.17) is 9.47 Å². The Morgan fingerprint density at radius 1 is 1.33 bits per heavy atom. The van der Waals surface area contributed by atoms with Crippen LogP contribution in [-0.4, -0.2) is 39.6 Å². The number of hydrogen-bond donors (Lipinski definition) is 1. The van der Waals surface area contributed by atoms with Gasteiger partial charge in [0.2, 0.25) is 11.3 Å². The molecule has 1 amide bonds. The first-order valence-corrected chi connectivity index (χ1v) is 6.28. The molecular weight excluding hydrogens is 222 g/mol. The van der Waals surface area contributed by atoms with Gasteiger partial charge in [-0.1, -0.05) is 13.8 Å². The van der Waals surface area contributed by atoms with Crippen LogP contribution in [0, 0.1) is 0 Å². The fraction of sp³-hybridized carbons (Fsp3) is 0.875. The van der Waals surface area contributed by atoms with Crippen LogP contribution in [0.1, 0.15) is 20.8 Å². The van der Waals surface area contributed by atoms with Gasteiger partial charge in [-0.3, -0.25) is 9.52 Å². The Balaban J connectivity index is 0.000000921. The second-order valence-electron chi connectivity index (χ2n) is 2.58. The van der Waals surface area contributed by atoms with Gasteiger partial charge < -0.3 is 9.47 Å². The molecule has 15 heavy (non-hydrogen) atoms. The van der Waals surface area contributed by atoms with Crippen LogP contribution in [-0.2, 0) is 24.3 Å². The highest BCUT2D eigenvalue weighted by molar-refractivity contribution is 7.90. The highest BCUT2D eigenvalue weighted by Crippen LogP contribution is 2.06. The Kier molecular flexibility index (Phi) is 6.46. The molecule has 1 fully saturated rings. The minimum absolute atomic E-state index is 0.0391. The summed E-state index contributed by atoms with van der Waals surface area (Å²) in [7, 11) is -3.73. The van der Waals surface area contributed by atoms with Crippen LogP contribution in [0.4, 0.5) is 0 Å². The van der Waals surface area contributed by atoms with Gasteiger partial charge in [0.1, 0.15) is 0 Å². The summed E-state index contributed by atoms with van der Waals surface area (Å²) in [6.07, 6.45) is 0. The van der Waals surface area contributed by atoms with Gasteiger partial charge in [0.15, 0.2) is 0 Å². The molecule has 0 aromatic rings. The van der Waals surface area contributed by atoms with E-state index in [1.807, 2.05) is 18.6 Å². The van der Waals surface area contributed by atoms with E-state index in [2.05, 4.69) is 0 Å². The van der Waals surface area contributed by atoms with Crippen LogP contribution in [0.15, 0.2) is 0 Å². The molecule has 1 unspecified atom stereocenters. The van der Waals surface area contributed by atoms with Crippen LogP contribution >= 0.6 is 0 Å². The molecule has 0 saturated carbocycles. The van der Waals surface area contributed by atoms with Gasteiger partial charge in [-0.2, -0.15) is 0 Å². The van der Waals surface area contributed by atoms with Crippen molar-refractivity contribution in [3.8, 4) is 0 Å². The van der Waals surface area contributed by atoms with Crippen molar-refractivity contribution in [1.82, 2.24) is 4.72 Å². The third-order valence-corrected chi connectivity index (χ3v) is 2.95. The van der Waals surface area contributed by atoms with E-state index >= 15 is 0 Å². The topological polar surface area (TPSA) is 81.7 Å². The van der Waals surface area contributed by atoms with Crippen LogP contribution in [0.2, 0.25) is 0 Å². The summed E-state index contributed by atoms with van der Waals surface area (Å²) in [6, 6.07) is 0. The zero-order valence-electron chi connectivity index (χ0n) is 9.15. The first-order valence-electron chi connectivity index (χ1n) is 4.74. The molecule has 1 aliphatic heterocycles. The number of amides is 1. The van der Waals surface area contributed by atoms with Crippen LogP contribution < -0.4 is 4.72 Å². The highest BCUT2D eigenvalue weighted by atomic mass is 32.2. The minimum Gasteiger partial charge on any atom is -0.375 e. The van der Waals surface area contributed by atoms with Gasteiger partial charge >= 0.3 is 0 Å². The molecule has 0 aliphatic carbocycles. The Morgan fingerprint density at radius 3 is 2.33 bits per heavy atom. The second kappa shape index (κ2) is 6.76. The fourth-order valence-electron chi connectivity index (χ4n) is 0.911. The molecule has 7 heteroatoms. The van der Waals surface area contributed by atoms with E-state index in [9.17, 15) is 13.2 Å². The van der Waals surface area contributed by atoms with E-state index in [-0.39, 0.29) is 13.2 Å². The average molecular weight is 239 g/mol. The van der Waals surface area contributed by atoms with E-state index in [1.165, 1.54) is 0 Å². The molecule has 0 aromatic heterocycles. The number of nitrogens with one attached hydrogen (secondary N) is 1. The standard InChI is InChI=1S/C6H11NO5S.C2H6/c1-5(8)7-13(9,10)6-4-11-2-3-12-6;1-2/h6H,2-4H2,1H3,(H,7,8);1-2H3. The SMILES string of the molecule is CC.CC(=O)NS(=O)(=O)C1COCCO1. The lowest BCUT2D eigenvalue weighted by Crippen LogP contribution is -2.43. The lowest BCUT2D eigenvalue weighted by molar-refractivity contribution is -0.117. The Labute approximate surface area is 90.0 Å². The maximum atomic E-state index is 11.3. The summed E-state index contributed by atoms with van der Waals surface area (Å²) in [5, 5.41) is 0. The number of rotatable bonds is 2. The monoisotopic (exact) mass is 239 g/mol. The first-order chi connectivity index (χ1) is 7.02. The van der Waals surface area contributed by atoms with Crippen LogP contribution in [0.25, 0.3) is 0 Å². The smallest absolute Gasteiger partial charge is 0.264 e. The van der Waals surface area contributed by atoms with E-state index in [0.717, 1.165) is 6.92 Å². The van der Waals surface area contributed by atoms with Crippen molar-refractivity contribution in [1.29, 1.82) is 0 Å². The van der Waals surface area contributed by atoms with Gasteiger partial charge in [-0.25, -0.2) is 8.42 Å². The highest BCUT2D eigenvalue weighted by Gasteiger charge is 2.29. The van der Waals surface area contributed by atoms with Gasteiger partial charge in [0, 0.05) is 6.92 Å². The number of carbonyl (C=O) groups excluding carboxylic acids is 1. The normalized spacial score (nSPS) is 21.1. The molecule has 0 spiro atoms. The molecular formula is C8H17NO5S. The summed E-state index contributed by atoms with van der Waals surface area (Å²) in [6.45, 7) is 5.69. The number of sulfonamides is 1. The van der Waals surface area contributed by atoms with Gasteiger partial charge in [0.05, 0.1) is 19.8 Å². The largest absolute Gasteiger partial charge is 0.375 e. The summed E-state index contributed by atoms with van der Waals surface area (Å²) in [5.74, 6) is -0.630. The molecule has 1 aliphatic rings. The van der Waals surface area contributed by atoms with Crippen molar-refractivity contribution in [2.24, 2.45) is 0 Å². The van der Waals surface area contributed by atoms with E-state index < -0.39 is 21.4 Å². The van der Waals surface area contributed by atoms with Crippen LogP contribution in [0.5, 0.6) is 0 Å². The minimum atomic E-state index is -3.73. The molecule has 90 valence electrons. The third kappa shape index (κ3) is 5.10. The average Bonchev–Trinajstić information content (AvgIpc) is 2.20. The second-order valence-corrected chi connectivity index (χ2v) is 4.40. The van der Waals surface area contributed by atoms with Crippen molar-refractivity contribution in [3.63, 3.8) is 0 Å². The number of hydrogen-bond acceptors (Lipinski definition) is 5. The maximum absolute atomic E-state index is 11.3. The van der Waals surface area contributed by atoms with Crippen molar-refractivity contribution in [2.75, 3.05) is 19.8 Å². The zero-order valence-corrected chi connectivity index (χ0v) is 9.96. The third-order valence-electron chi connectivity index (χ3n) is 1.42. The van der Waals surface area contributed by atoms with E-state index in [0.29, 0.717) is 6.61 Å². The number of carbonyl (C=O) groups is 1. The van der Waals surface area contributed by atoms with Gasteiger partial charge in [-0.15, -0.1) is 0 Å². The summed E-state index contributed by atoms with van der Waals surface area (Å²) in [5.41, 5.74) is -1.08. The Morgan fingerprint density at radius 2 is 1.93 bits per heavy atom. The zero-order chi connectivity index (χ0) is 11.9. The number of ether oxygens (including phenoxy) is 2. The van der Waals surface area contributed by atoms with Crippen molar-refractivity contribution >= 4 is 15.9 Å². The quantitative estimate of drug-likeness (QED) is 0.724. The lowest BCUT2D eigenvalue weighted by atomic mass is 10.6. The molecule has 1 heterocycles. The molecule has 1 rings (SSSR count). The summed E-state index contributed by atoms with van der Waals surface area (Å²) in [4.78, 5) is 10.5.